The van der Waals surface area contributed by atoms with Gasteiger partial charge in [-0.05, 0) is 50.9 Å². The molecule has 1 aromatic rings. The molecule has 0 N–H and O–H groups in total. The van der Waals surface area contributed by atoms with Gasteiger partial charge in [-0.3, -0.25) is 0 Å². The molecule has 3 rings (SSSR count). The van der Waals surface area contributed by atoms with Crippen LogP contribution in [0.2, 0.25) is 0 Å². The Morgan fingerprint density at radius 2 is 1.68 bits per heavy atom. The zero-order valence-corrected chi connectivity index (χ0v) is 11.2. The maximum atomic E-state index is 13.3. The Morgan fingerprint density at radius 3 is 2.26 bits per heavy atom. The average molecular weight is 265 g/mol. The lowest BCUT2D eigenvalue weighted by Gasteiger charge is -2.32. The molecule has 1 saturated carbocycles. The highest BCUT2D eigenvalue weighted by Gasteiger charge is 2.70. The predicted molar refractivity (Wildman–Crippen MR) is 72.4 cm³/mol. The summed E-state index contributed by atoms with van der Waals surface area (Å²) < 4.78 is 26.5. The summed E-state index contributed by atoms with van der Waals surface area (Å²) in [7, 11) is 0. The molecule has 1 saturated heterocycles. The van der Waals surface area contributed by atoms with E-state index in [4.69, 9.17) is 0 Å². The fraction of sp³-hybridized carbons (Fsp3) is 0.625. The number of benzene rings is 1. The first kappa shape index (κ1) is 13.0. The monoisotopic (exact) mass is 265 g/mol. The maximum absolute atomic E-state index is 13.3. The third kappa shape index (κ3) is 2.66. The molecule has 1 nitrogen and oxygen atoms in total. The number of piperidine rings is 1. The van der Waals surface area contributed by atoms with Gasteiger partial charge in [-0.2, -0.15) is 0 Å². The number of rotatable bonds is 4. The van der Waals surface area contributed by atoms with E-state index in [1.165, 1.54) is 5.56 Å². The van der Waals surface area contributed by atoms with E-state index < -0.39 is 11.3 Å². The van der Waals surface area contributed by atoms with Gasteiger partial charge in [0.2, 0.25) is 0 Å². The average Bonchev–Trinajstić information content (AvgIpc) is 2.94. The van der Waals surface area contributed by atoms with Gasteiger partial charge in [0.05, 0.1) is 0 Å². The van der Waals surface area contributed by atoms with Gasteiger partial charge in [0, 0.05) is 11.8 Å². The SMILES string of the molecule is FC1(F)CC12CCN(CCCc1ccccc1)CC2. The van der Waals surface area contributed by atoms with E-state index >= 15 is 0 Å². The molecule has 0 bridgehead atoms. The van der Waals surface area contributed by atoms with Crippen LogP contribution in [0.25, 0.3) is 0 Å². The van der Waals surface area contributed by atoms with Gasteiger partial charge in [0.15, 0.2) is 0 Å². The summed E-state index contributed by atoms with van der Waals surface area (Å²) in [5.74, 6) is -2.36. The van der Waals surface area contributed by atoms with Crippen molar-refractivity contribution in [1.82, 2.24) is 4.90 Å². The Bertz CT molecular complexity index is 422. The first-order valence-electron chi connectivity index (χ1n) is 7.26. The standard InChI is InChI=1S/C16H21F2N/c17-16(18)13-15(16)8-11-19(12-9-15)10-4-7-14-5-2-1-3-6-14/h1-3,5-6H,4,7-13H2. The molecular formula is C16H21F2N. The topological polar surface area (TPSA) is 3.24 Å². The Morgan fingerprint density at radius 1 is 1.05 bits per heavy atom. The molecule has 19 heavy (non-hydrogen) atoms. The lowest BCUT2D eigenvalue weighted by atomic mass is 9.92. The largest absolute Gasteiger partial charge is 0.303 e. The van der Waals surface area contributed by atoms with Crippen molar-refractivity contribution in [1.29, 1.82) is 0 Å². The summed E-state index contributed by atoms with van der Waals surface area (Å²) in [6, 6.07) is 10.5. The Balaban J connectivity index is 1.39. The zero-order chi connectivity index (χ0) is 13.3. The Kier molecular flexibility index (Phi) is 3.34. The van der Waals surface area contributed by atoms with Crippen LogP contribution < -0.4 is 0 Å². The number of nitrogens with zero attached hydrogens (tertiary/aromatic N) is 1. The van der Waals surface area contributed by atoms with Crippen molar-refractivity contribution in [2.24, 2.45) is 5.41 Å². The highest BCUT2D eigenvalue weighted by Crippen LogP contribution is 2.65. The number of hydrogen-bond acceptors (Lipinski definition) is 1. The summed E-state index contributed by atoms with van der Waals surface area (Å²) in [5.41, 5.74) is 0.757. The zero-order valence-electron chi connectivity index (χ0n) is 11.2. The molecule has 0 amide bonds. The summed E-state index contributed by atoms with van der Waals surface area (Å²) in [6.07, 6.45) is 3.71. The molecular weight excluding hydrogens is 244 g/mol. The second kappa shape index (κ2) is 4.86. The molecule has 1 aliphatic heterocycles. The molecule has 0 aromatic heterocycles. The third-order valence-corrected chi connectivity index (χ3v) is 4.81. The van der Waals surface area contributed by atoms with E-state index in [-0.39, 0.29) is 6.42 Å². The van der Waals surface area contributed by atoms with Crippen LogP contribution in [0.5, 0.6) is 0 Å². The number of halogens is 2. The molecule has 1 aliphatic carbocycles. The molecule has 0 radical (unpaired) electrons. The van der Waals surface area contributed by atoms with Crippen LogP contribution in [-0.4, -0.2) is 30.5 Å². The van der Waals surface area contributed by atoms with E-state index in [9.17, 15) is 8.78 Å². The molecule has 1 heterocycles. The minimum atomic E-state index is -2.36. The molecule has 2 aliphatic rings. The van der Waals surface area contributed by atoms with Crippen molar-refractivity contribution in [2.75, 3.05) is 19.6 Å². The molecule has 3 heteroatoms. The minimum Gasteiger partial charge on any atom is -0.303 e. The van der Waals surface area contributed by atoms with E-state index in [0.29, 0.717) is 12.8 Å². The smallest absolute Gasteiger partial charge is 0.254 e. The number of aryl methyl sites for hydroxylation is 1. The van der Waals surface area contributed by atoms with Crippen LogP contribution in [0.1, 0.15) is 31.2 Å². The van der Waals surface area contributed by atoms with Gasteiger partial charge in [0.25, 0.3) is 5.92 Å². The Hall–Kier alpha value is -0.960. The molecule has 0 unspecified atom stereocenters. The predicted octanol–water partition coefficient (Wildman–Crippen LogP) is 3.74. The van der Waals surface area contributed by atoms with Crippen LogP contribution in [-0.2, 0) is 6.42 Å². The van der Waals surface area contributed by atoms with Crippen molar-refractivity contribution in [3.63, 3.8) is 0 Å². The van der Waals surface area contributed by atoms with Gasteiger partial charge in [-0.15, -0.1) is 0 Å². The van der Waals surface area contributed by atoms with Gasteiger partial charge in [0.1, 0.15) is 0 Å². The van der Waals surface area contributed by atoms with Crippen LogP contribution in [0.4, 0.5) is 8.78 Å². The normalized spacial score (nSPS) is 24.5. The first-order chi connectivity index (χ1) is 9.11. The number of alkyl halides is 2. The summed E-state index contributed by atoms with van der Waals surface area (Å²) in [6.45, 7) is 2.74. The van der Waals surface area contributed by atoms with E-state index in [1.807, 2.05) is 6.07 Å². The lowest BCUT2D eigenvalue weighted by Crippen LogP contribution is -2.37. The van der Waals surface area contributed by atoms with E-state index in [1.54, 1.807) is 0 Å². The van der Waals surface area contributed by atoms with Gasteiger partial charge in [-0.25, -0.2) is 8.78 Å². The highest BCUT2D eigenvalue weighted by atomic mass is 19.3. The van der Waals surface area contributed by atoms with Gasteiger partial charge in [-0.1, -0.05) is 30.3 Å². The highest BCUT2D eigenvalue weighted by molar-refractivity contribution is 5.15. The van der Waals surface area contributed by atoms with Gasteiger partial charge < -0.3 is 4.90 Å². The van der Waals surface area contributed by atoms with Crippen LogP contribution in [0.15, 0.2) is 30.3 Å². The van der Waals surface area contributed by atoms with E-state index in [2.05, 4.69) is 29.2 Å². The minimum absolute atomic E-state index is 0.137. The van der Waals surface area contributed by atoms with Crippen molar-refractivity contribution < 1.29 is 8.78 Å². The molecule has 1 spiro atoms. The first-order valence-corrected chi connectivity index (χ1v) is 7.26. The van der Waals surface area contributed by atoms with Crippen molar-refractivity contribution in [3.05, 3.63) is 35.9 Å². The maximum Gasteiger partial charge on any atom is 0.254 e. The van der Waals surface area contributed by atoms with E-state index in [0.717, 1.165) is 32.5 Å². The van der Waals surface area contributed by atoms with Crippen LogP contribution >= 0.6 is 0 Å². The van der Waals surface area contributed by atoms with Crippen molar-refractivity contribution in [2.45, 2.75) is 38.0 Å². The Labute approximate surface area is 113 Å². The molecule has 2 fully saturated rings. The fourth-order valence-electron chi connectivity index (χ4n) is 3.28. The number of likely N-dealkylation sites (tertiary alicyclic amines) is 1. The lowest BCUT2D eigenvalue weighted by molar-refractivity contribution is 0.0313. The summed E-state index contributed by atoms with van der Waals surface area (Å²) >= 11 is 0. The van der Waals surface area contributed by atoms with Crippen molar-refractivity contribution in [3.8, 4) is 0 Å². The second-order valence-electron chi connectivity index (χ2n) is 6.09. The fourth-order valence-corrected chi connectivity index (χ4v) is 3.28. The van der Waals surface area contributed by atoms with Crippen LogP contribution in [0.3, 0.4) is 0 Å². The molecule has 1 aromatic carbocycles. The van der Waals surface area contributed by atoms with Gasteiger partial charge >= 0.3 is 0 Å². The summed E-state index contributed by atoms with van der Waals surface area (Å²) in [4.78, 5) is 2.35. The van der Waals surface area contributed by atoms with Crippen LogP contribution in [0, 0.1) is 5.41 Å². The third-order valence-electron chi connectivity index (χ3n) is 4.81. The number of hydrogen-bond donors (Lipinski definition) is 0. The summed E-state index contributed by atoms with van der Waals surface area (Å²) in [5, 5.41) is 0. The molecule has 0 atom stereocenters. The molecule has 104 valence electrons. The van der Waals surface area contributed by atoms with Crippen molar-refractivity contribution >= 4 is 0 Å². The quantitative estimate of drug-likeness (QED) is 0.801. The second-order valence-corrected chi connectivity index (χ2v) is 6.09.